The van der Waals surface area contributed by atoms with Crippen LogP contribution in [0.1, 0.15) is 12.0 Å². The van der Waals surface area contributed by atoms with Crippen molar-refractivity contribution in [1.29, 1.82) is 0 Å². The van der Waals surface area contributed by atoms with Crippen LogP contribution in [-0.2, 0) is 16.0 Å². The quantitative estimate of drug-likeness (QED) is 0.468. The molecular formula is C26H24ClN3O3S. The maximum Gasteiger partial charge on any atom is 0.238 e. The average Bonchev–Trinajstić information content (AvgIpc) is 2.85. The number of amidine groups is 1. The van der Waals surface area contributed by atoms with E-state index in [0.29, 0.717) is 34.6 Å². The van der Waals surface area contributed by atoms with Gasteiger partial charge in [-0.15, -0.1) is 0 Å². The number of carbonyl (C=O) groups is 2. The number of hydrogen-bond acceptors (Lipinski definition) is 5. The molecule has 1 N–H and O–H groups in total. The van der Waals surface area contributed by atoms with Crippen molar-refractivity contribution in [1.82, 2.24) is 4.90 Å². The first-order valence-corrected chi connectivity index (χ1v) is 12.1. The third-order valence-electron chi connectivity index (χ3n) is 5.32. The molecule has 1 aliphatic rings. The second-order valence-corrected chi connectivity index (χ2v) is 9.26. The number of nitrogens with one attached hydrogen (secondary N) is 1. The number of methoxy groups -OCH3 is 1. The summed E-state index contributed by atoms with van der Waals surface area (Å²) in [5.41, 5.74) is 2.35. The number of para-hydroxylation sites is 3. The lowest BCUT2D eigenvalue weighted by Crippen LogP contribution is -2.46. The standard InChI is InChI=1S/C26H24ClN3O3S/c1-33-22-10-6-5-9-21(22)29-25(32)23-17-24(31)30(16-15-18-11-13-19(27)14-12-18)26(34-23)28-20-7-3-2-4-8-20/h2-14,23H,15-17H2,1H3,(H,29,32). The van der Waals surface area contributed by atoms with Gasteiger partial charge in [0.2, 0.25) is 11.8 Å². The van der Waals surface area contributed by atoms with E-state index < -0.39 is 5.25 Å². The second kappa shape index (κ2) is 11.2. The number of hydrogen-bond donors (Lipinski definition) is 1. The fourth-order valence-electron chi connectivity index (χ4n) is 3.53. The summed E-state index contributed by atoms with van der Waals surface area (Å²) in [6, 6.07) is 24.2. The monoisotopic (exact) mass is 493 g/mol. The number of rotatable bonds is 7. The van der Waals surface area contributed by atoms with Gasteiger partial charge in [-0.1, -0.05) is 65.8 Å². The Hall–Kier alpha value is -3.29. The molecule has 4 rings (SSSR count). The number of nitrogens with zero attached hydrogens (tertiary/aromatic N) is 2. The van der Waals surface area contributed by atoms with E-state index in [9.17, 15) is 9.59 Å². The number of anilines is 1. The molecule has 0 saturated carbocycles. The van der Waals surface area contributed by atoms with Crippen LogP contribution in [0.15, 0.2) is 83.9 Å². The van der Waals surface area contributed by atoms with Crippen molar-refractivity contribution in [2.75, 3.05) is 19.0 Å². The summed E-state index contributed by atoms with van der Waals surface area (Å²) in [4.78, 5) is 32.6. The lowest BCUT2D eigenvalue weighted by Gasteiger charge is -2.32. The molecule has 174 valence electrons. The highest BCUT2D eigenvalue weighted by molar-refractivity contribution is 8.15. The minimum atomic E-state index is -0.605. The van der Waals surface area contributed by atoms with Gasteiger partial charge in [-0.2, -0.15) is 0 Å². The molecule has 3 aromatic carbocycles. The SMILES string of the molecule is COc1ccccc1NC(=O)C1CC(=O)N(CCc2ccc(Cl)cc2)C(=Nc2ccccc2)S1. The number of carbonyl (C=O) groups excluding carboxylic acids is 2. The van der Waals surface area contributed by atoms with Crippen LogP contribution >= 0.6 is 23.4 Å². The Morgan fingerprint density at radius 1 is 1.09 bits per heavy atom. The lowest BCUT2D eigenvalue weighted by molar-refractivity contribution is -0.129. The maximum absolute atomic E-state index is 13.2. The van der Waals surface area contributed by atoms with E-state index in [-0.39, 0.29) is 18.2 Å². The van der Waals surface area contributed by atoms with Crippen molar-refractivity contribution in [3.05, 3.63) is 89.4 Å². The Balaban J connectivity index is 1.54. The molecule has 3 aromatic rings. The predicted molar refractivity (Wildman–Crippen MR) is 138 cm³/mol. The fourth-order valence-corrected chi connectivity index (χ4v) is 4.78. The topological polar surface area (TPSA) is 71.0 Å². The van der Waals surface area contributed by atoms with Gasteiger partial charge in [0.05, 0.1) is 18.5 Å². The second-order valence-electron chi connectivity index (χ2n) is 7.65. The molecule has 8 heteroatoms. The van der Waals surface area contributed by atoms with Gasteiger partial charge in [-0.05, 0) is 48.4 Å². The Kier molecular flexibility index (Phi) is 7.87. The molecule has 0 radical (unpaired) electrons. The van der Waals surface area contributed by atoms with Gasteiger partial charge in [0.1, 0.15) is 11.0 Å². The number of halogens is 1. The van der Waals surface area contributed by atoms with E-state index in [2.05, 4.69) is 5.32 Å². The van der Waals surface area contributed by atoms with Crippen LogP contribution in [-0.4, -0.2) is 40.8 Å². The van der Waals surface area contributed by atoms with E-state index in [1.165, 1.54) is 11.8 Å². The number of amides is 2. The zero-order chi connectivity index (χ0) is 23.9. The summed E-state index contributed by atoms with van der Waals surface area (Å²) < 4.78 is 5.32. The molecule has 0 spiro atoms. The molecule has 1 fully saturated rings. The van der Waals surface area contributed by atoms with Crippen molar-refractivity contribution in [2.24, 2.45) is 4.99 Å². The number of benzene rings is 3. The average molecular weight is 494 g/mol. The molecule has 1 atom stereocenters. The molecule has 0 aromatic heterocycles. The molecule has 2 amide bonds. The normalized spacial score (nSPS) is 17.0. The molecule has 34 heavy (non-hydrogen) atoms. The number of aliphatic imine (C=N–C) groups is 1. The Morgan fingerprint density at radius 2 is 1.79 bits per heavy atom. The number of thioether (sulfide) groups is 1. The summed E-state index contributed by atoms with van der Waals surface area (Å²) in [5, 5.41) is 3.47. The van der Waals surface area contributed by atoms with Gasteiger partial charge < -0.3 is 10.1 Å². The number of ether oxygens (including phenoxy) is 1. The van der Waals surface area contributed by atoms with Crippen LogP contribution in [0.5, 0.6) is 5.75 Å². The van der Waals surface area contributed by atoms with Crippen LogP contribution in [0.2, 0.25) is 5.02 Å². The minimum Gasteiger partial charge on any atom is -0.495 e. The third kappa shape index (κ3) is 5.98. The van der Waals surface area contributed by atoms with Crippen molar-refractivity contribution in [3.63, 3.8) is 0 Å². The maximum atomic E-state index is 13.2. The lowest BCUT2D eigenvalue weighted by atomic mass is 10.1. The van der Waals surface area contributed by atoms with E-state index in [4.69, 9.17) is 21.3 Å². The van der Waals surface area contributed by atoms with Crippen molar-refractivity contribution in [2.45, 2.75) is 18.1 Å². The fraction of sp³-hybridized carbons (Fsp3) is 0.192. The first-order chi connectivity index (χ1) is 16.5. The smallest absolute Gasteiger partial charge is 0.238 e. The minimum absolute atomic E-state index is 0.0834. The summed E-state index contributed by atoms with van der Waals surface area (Å²) >= 11 is 7.28. The highest BCUT2D eigenvalue weighted by Crippen LogP contribution is 2.31. The summed E-state index contributed by atoms with van der Waals surface area (Å²) in [6.45, 7) is 0.458. The first-order valence-electron chi connectivity index (χ1n) is 10.8. The third-order valence-corrected chi connectivity index (χ3v) is 6.75. The Labute approximate surface area is 208 Å². The van der Waals surface area contributed by atoms with Gasteiger partial charge in [0.25, 0.3) is 0 Å². The predicted octanol–water partition coefficient (Wildman–Crippen LogP) is 5.55. The molecule has 6 nitrogen and oxygen atoms in total. The van der Waals surface area contributed by atoms with Crippen LogP contribution in [0.25, 0.3) is 0 Å². The highest BCUT2D eigenvalue weighted by atomic mass is 35.5. The van der Waals surface area contributed by atoms with Crippen LogP contribution in [0.3, 0.4) is 0 Å². The van der Waals surface area contributed by atoms with Crippen molar-refractivity contribution >= 4 is 51.7 Å². The van der Waals surface area contributed by atoms with E-state index >= 15 is 0 Å². The zero-order valence-corrected chi connectivity index (χ0v) is 20.2. The van der Waals surface area contributed by atoms with Gasteiger partial charge in [0.15, 0.2) is 5.17 Å². The largest absolute Gasteiger partial charge is 0.495 e. The van der Waals surface area contributed by atoms with Crippen molar-refractivity contribution in [3.8, 4) is 5.75 Å². The van der Waals surface area contributed by atoms with Gasteiger partial charge in [-0.25, -0.2) is 4.99 Å². The van der Waals surface area contributed by atoms with Crippen LogP contribution in [0.4, 0.5) is 11.4 Å². The Morgan fingerprint density at radius 3 is 2.53 bits per heavy atom. The van der Waals surface area contributed by atoms with Gasteiger partial charge >= 0.3 is 0 Å². The first kappa shape index (κ1) is 23.9. The van der Waals surface area contributed by atoms with Gasteiger partial charge in [0, 0.05) is 18.0 Å². The van der Waals surface area contributed by atoms with Crippen LogP contribution < -0.4 is 10.1 Å². The molecule has 0 aliphatic carbocycles. The Bertz CT molecular complexity index is 1190. The molecule has 1 unspecified atom stereocenters. The molecule has 1 heterocycles. The molecular weight excluding hydrogens is 470 g/mol. The molecule has 0 bridgehead atoms. The summed E-state index contributed by atoms with van der Waals surface area (Å²) in [6.07, 6.45) is 0.732. The van der Waals surface area contributed by atoms with Crippen LogP contribution in [0, 0.1) is 0 Å². The van der Waals surface area contributed by atoms with E-state index in [1.807, 2.05) is 66.7 Å². The highest BCUT2D eigenvalue weighted by Gasteiger charge is 2.36. The van der Waals surface area contributed by atoms with E-state index in [0.717, 1.165) is 11.3 Å². The molecule has 1 saturated heterocycles. The molecule has 1 aliphatic heterocycles. The summed E-state index contributed by atoms with van der Waals surface area (Å²) in [7, 11) is 1.55. The van der Waals surface area contributed by atoms with Gasteiger partial charge in [-0.3, -0.25) is 14.5 Å². The zero-order valence-electron chi connectivity index (χ0n) is 18.6. The summed E-state index contributed by atoms with van der Waals surface area (Å²) in [5.74, 6) is 0.161. The van der Waals surface area contributed by atoms with Crippen molar-refractivity contribution < 1.29 is 14.3 Å². The van der Waals surface area contributed by atoms with E-state index in [1.54, 1.807) is 24.1 Å².